The van der Waals surface area contributed by atoms with Gasteiger partial charge in [0, 0.05) is 12.5 Å². The fraction of sp³-hybridized carbons (Fsp3) is 0.636. The monoisotopic (exact) mass is 195 g/mol. The van der Waals surface area contributed by atoms with E-state index in [1.165, 1.54) is 0 Å². The Morgan fingerprint density at radius 2 is 2.50 bits per heavy atom. The van der Waals surface area contributed by atoms with Crippen molar-refractivity contribution in [3.8, 4) is 0 Å². The number of rotatable bonds is 2. The van der Waals surface area contributed by atoms with E-state index in [9.17, 15) is 5.11 Å². The van der Waals surface area contributed by atoms with E-state index < -0.39 is 5.60 Å². The van der Waals surface area contributed by atoms with Gasteiger partial charge in [-0.25, -0.2) is 0 Å². The van der Waals surface area contributed by atoms with Gasteiger partial charge < -0.3 is 15.3 Å². The smallest absolute Gasteiger partial charge is 0.0935 e. The predicted octanol–water partition coefficient (Wildman–Crippen LogP) is 1.45. The van der Waals surface area contributed by atoms with Gasteiger partial charge in [0.1, 0.15) is 0 Å². The summed E-state index contributed by atoms with van der Waals surface area (Å²) in [6.07, 6.45) is 7.62. The SMILES string of the molecule is NC1CCCC(O)(Cc2ccoc2)C1. The summed E-state index contributed by atoms with van der Waals surface area (Å²) in [5, 5.41) is 10.3. The summed E-state index contributed by atoms with van der Waals surface area (Å²) in [6, 6.07) is 2.05. The Labute approximate surface area is 83.9 Å². The molecule has 0 saturated heterocycles. The number of hydrogen-bond donors (Lipinski definition) is 2. The van der Waals surface area contributed by atoms with Crippen LogP contribution in [0.15, 0.2) is 23.0 Å². The first-order valence-corrected chi connectivity index (χ1v) is 5.17. The van der Waals surface area contributed by atoms with E-state index in [0.717, 1.165) is 24.8 Å². The van der Waals surface area contributed by atoms with Gasteiger partial charge in [0.2, 0.25) is 0 Å². The summed E-state index contributed by atoms with van der Waals surface area (Å²) in [5.74, 6) is 0. The van der Waals surface area contributed by atoms with Crippen LogP contribution >= 0.6 is 0 Å². The molecule has 0 aliphatic heterocycles. The van der Waals surface area contributed by atoms with Crippen molar-refractivity contribution >= 4 is 0 Å². The maximum atomic E-state index is 10.3. The van der Waals surface area contributed by atoms with Crippen molar-refractivity contribution in [1.29, 1.82) is 0 Å². The highest BCUT2D eigenvalue weighted by Gasteiger charge is 2.33. The molecule has 1 fully saturated rings. The highest BCUT2D eigenvalue weighted by Crippen LogP contribution is 2.30. The fourth-order valence-corrected chi connectivity index (χ4v) is 2.32. The Morgan fingerprint density at radius 3 is 3.14 bits per heavy atom. The molecule has 0 amide bonds. The van der Waals surface area contributed by atoms with Crippen molar-refractivity contribution < 1.29 is 9.52 Å². The van der Waals surface area contributed by atoms with Crippen LogP contribution in [0.25, 0.3) is 0 Å². The van der Waals surface area contributed by atoms with Crippen LogP contribution < -0.4 is 5.73 Å². The van der Waals surface area contributed by atoms with E-state index in [4.69, 9.17) is 10.2 Å². The molecule has 2 unspecified atom stereocenters. The van der Waals surface area contributed by atoms with Crippen molar-refractivity contribution in [3.05, 3.63) is 24.2 Å². The number of nitrogens with two attached hydrogens (primary N) is 1. The Balaban J connectivity index is 2.01. The van der Waals surface area contributed by atoms with Crippen molar-refractivity contribution in [2.24, 2.45) is 5.73 Å². The van der Waals surface area contributed by atoms with Crippen LogP contribution in [0.3, 0.4) is 0 Å². The zero-order valence-corrected chi connectivity index (χ0v) is 8.28. The minimum atomic E-state index is -0.610. The average molecular weight is 195 g/mol. The van der Waals surface area contributed by atoms with Gasteiger partial charge in [-0.15, -0.1) is 0 Å². The molecule has 2 rings (SSSR count). The van der Waals surface area contributed by atoms with Crippen LogP contribution in [0.5, 0.6) is 0 Å². The molecule has 78 valence electrons. The molecule has 1 aliphatic carbocycles. The summed E-state index contributed by atoms with van der Waals surface area (Å²) in [7, 11) is 0. The summed E-state index contributed by atoms with van der Waals surface area (Å²) < 4.78 is 4.99. The van der Waals surface area contributed by atoms with Crippen LogP contribution in [0.1, 0.15) is 31.2 Å². The summed E-state index contributed by atoms with van der Waals surface area (Å²) in [5.41, 5.74) is 6.30. The van der Waals surface area contributed by atoms with Gasteiger partial charge in [-0.1, -0.05) is 0 Å². The normalized spacial score (nSPS) is 33.1. The van der Waals surface area contributed by atoms with Crippen molar-refractivity contribution in [2.45, 2.75) is 43.7 Å². The Hall–Kier alpha value is -0.800. The summed E-state index contributed by atoms with van der Waals surface area (Å²) >= 11 is 0. The van der Waals surface area contributed by atoms with E-state index in [1.807, 2.05) is 6.07 Å². The molecule has 0 spiro atoms. The lowest BCUT2D eigenvalue weighted by molar-refractivity contribution is -0.00201. The standard InChI is InChI=1S/C11H17NO2/c12-10-2-1-4-11(13,7-10)6-9-3-5-14-8-9/h3,5,8,10,13H,1-2,4,6-7,12H2. The van der Waals surface area contributed by atoms with E-state index in [0.29, 0.717) is 12.8 Å². The quantitative estimate of drug-likeness (QED) is 0.751. The second-order valence-corrected chi connectivity index (χ2v) is 4.39. The molecule has 1 saturated carbocycles. The van der Waals surface area contributed by atoms with Crippen LogP contribution in [-0.2, 0) is 6.42 Å². The van der Waals surface area contributed by atoms with E-state index in [-0.39, 0.29) is 6.04 Å². The lowest BCUT2D eigenvalue weighted by Crippen LogP contribution is -2.42. The molecule has 1 aliphatic rings. The molecule has 0 bridgehead atoms. The lowest BCUT2D eigenvalue weighted by Gasteiger charge is -2.35. The van der Waals surface area contributed by atoms with Gasteiger partial charge >= 0.3 is 0 Å². The minimum Gasteiger partial charge on any atom is -0.472 e. The third kappa shape index (κ3) is 2.16. The molecule has 1 heterocycles. The summed E-state index contributed by atoms with van der Waals surface area (Å²) in [4.78, 5) is 0. The minimum absolute atomic E-state index is 0.153. The zero-order valence-electron chi connectivity index (χ0n) is 8.28. The first-order chi connectivity index (χ1) is 6.68. The number of aliphatic hydroxyl groups is 1. The number of hydrogen-bond acceptors (Lipinski definition) is 3. The van der Waals surface area contributed by atoms with Crippen LogP contribution in [0.2, 0.25) is 0 Å². The van der Waals surface area contributed by atoms with Gasteiger partial charge in [0.25, 0.3) is 0 Å². The Bertz CT molecular complexity index is 283. The maximum Gasteiger partial charge on any atom is 0.0935 e. The van der Waals surface area contributed by atoms with Crippen molar-refractivity contribution in [3.63, 3.8) is 0 Å². The lowest BCUT2D eigenvalue weighted by atomic mass is 9.79. The molecule has 1 aromatic heterocycles. The third-order valence-corrected chi connectivity index (χ3v) is 2.97. The van der Waals surface area contributed by atoms with Crippen LogP contribution in [-0.4, -0.2) is 16.7 Å². The van der Waals surface area contributed by atoms with Crippen LogP contribution in [0, 0.1) is 0 Å². The van der Waals surface area contributed by atoms with Gasteiger partial charge in [0.15, 0.2) is 0 Å². The van der Waals surface area contributed by atoms with Gasteiger partial charge in [-0.2, -0.15) is 0 Å². The molecule has 3 heteroatoms. The highest BCUT2D eigenvalue weighted by molar-refractivity contribution is 5.10. The highest BCUT2D eigenvalue weighted by atomic mass is 16.3. The molecule has 14 heavy (non-hydrogen) atoms. The molecular weight excluding hydrogens is 178 g/mol. The molecule has 0 aromatic carbocycles. The maximum absolute atomic E-state index is 10.3. The Kier molecular flexibility index (Phi) is 2.61. The van der Waals surface area contributed by atoms with Crippen LogP contribution in [0.4, 0.5) is 0 Å². The van der Waals surface area contributed by atoms with Crippen molar-refractivity contribution in [1.82, 2.24) is 0 Å². The molecule has 3 N–H and O–H groups in total. The average Bonchev–Trinajstić information content (AvgIpc) is 2.55. The summed E-state index contributed by atoms with van der Waals surface area (Å²) in [6.45, 7) is 0. The Morgan fingerprint density at radius 1 is 1.64 bits per heavy atom. The first kappa shape index (κ1) is 9.74. The third-order valence-electron chi connectivity index (χ3n) is 2.97. The molecule has 2 atom stereocenters. The molecule has 3 nitrogen and oxygen atoms in total. The molecule has 0 radical (unpaired) electrons. The topological polar surface area (TPSA) is 59.4 Å². The van der Waals surface area contributed by atoms with E-state index in [1.54, 1.807) is 12.5 Å². The molecular formula is C11H17NO2. The zero-order chi connectivity index (χ0) is 10.0. The van der Waals surface area contributed by atoms with E-state index >= 15 is 0 Å². The van der Waals surface area contributed by atoms with Gasteiger partial charge in [-0.3, -0.25) is 0 Å². The second-order valence-electron chi connectivity index (χ2n) is 4.39. The first-order valence-electron chi connectivity index (χ1n) is 5.17. The van der Waals surface area contributed by atoms with Crippen molar-refractivity contribution in [2.75, 3.05) is 0 Å². The largest absolute Gasteiger partial charge is 0.472 e. The molecule has 1 aromatic rings. The fourth-order valence-electron chi connectivity index (χ4n) is 2.32. The van der Waals surface area contributed by atoms with Gasteiger partial charge in [0.05, 0.1) is 18.1 Å². The predicted molar refractivity (Wildman–Crippen MR) is 53.8 cm³/mol. The van der Waals surface area contributed by atoms with E-state index in [2.05, 4.69) is 0 Å². The number of furan rings is 1. The van der Waals surface area contributed by atoms with Gasteiger partial charge in [-0.05, 0) is 37.3 Å². The second kappa shape index (κ2) is 3.75.